The van der Waals surface area contributed by atoms with Crippen LogP contribution in [0.4, 0.5) is 13.2 Å². The van der Waals surface area contributed by atoms with Crippen LogP contribution in [0.15, 0.2) is 61.3 Å². The van der Waals surface area contributed by atoms with Crippen molar-refractivity contribution in [3.63, 3.8) is 0 Å². The molecule has 0 bridgehead atoms. The Bertz CT molecular complexity index is 1250. The van der Waals surface area contributed by atoms with Crippen molar-refractivity contribution in [1.29, 1.82) is 0 Å². The van der Waals surface area contributed by atoms with Crippen molar-refractivity contribution in [3.05, 3.63) is 83.3 Å². The molecule has 0 unspecified atom stereocenters. The molecule has 0 aliphatic heterocycles. The van der Waals surface area contributed by atoms with Gasteiger partial charge in [-0.15, -0.1) is 0 Å². The fourth-order valence-corrected chi connectivity index (χ4v) is 3.27. The molecule has 164 valence electrons. The van der Waals surface area contributed by atoms with E-state index in [1.807, 2.05) is 0 Å². The maximum Gasteiger partial charge on any atom is 0.416 e. The number of alkyl halides is 3. The third-order valence-corrected chi connectivity index (χ3v) is 4.73. The lowest BCUT2D eigenvalue weighted by molar-refractivity contribution is -0.137. The summed E-state index contributed by atoms with van der Waals surface area (Å²) in [6, 6.07) is 7.23. The fraction of sp³-hybridized carbons (Fsp3) is 0.150. The van der Waals surface area contributed by atoms with Crippen LogP contribution in [0.1, 0.15) is 34.7 Å². The highest BCUT2D eigenvalue weighted by Crippen LogP contribution is 2.32. The minimum Gasteiger partial charge on any atom is -0.342 e. The number of nitrogens with zero attached hydrogens (tertiary/aromatic N) is 6. The van der Waals surface area contributed by atoms with E-state index in [4.69, 9.17) is 11.6 Å². The number of carbonyl (C=O) groups excluding carboxylic acids is 1. The number of aromatic nitrogens is 6. The first kappa shape index (κ1) is 21.5. The number of halogens is 4. The SMILES string of the molecule is C[C@H](NC(=O)c1cc(Cl)cc(C(F)(F)F)c1)c1ncnn1-c1cc(-n2cccn2)ccn1. The van der Waals surface area contributed by atoms with E-state index in [1.165, 1.54) is 17.1 Å². The Hall–Kier alpha value is -3.73. The highest BCUT2D eigenvalue weighted by Gasteiger charge is 2.32. The van der Waals surface area contributed by atoms with E-state index in [9.17, 15) is 18.0 Å². The molecule has 32 heavy (non-hydrogen) atoms. The van der Waals surface area contributed by atoms with Gasteiger partial charge in [-0.2, -0.15) is 28.1 Å². The molecule has 1 N–H and O–H groups in total. The van der Waals surface area contributed by atoms with Crippen LogP contribution < -0.4 is 5.32 Å². The first-order valence-electron chi connectivity index (χ1n) is 9.27. The summed E-state index contributed by atoms with van der Waals surface area (Å²) < 4.78 is 42.2. The van der Waals surface area contributed by atoms with Gasteiger partial charge in [0.1, 0.15) is 6.33 Å². The minimum atomic E-state index is -4.63. The summed E-state index contributed by atoms with van der Waals surface area (Å²) in [5, 5.41) is 10.8. The number of nitrogens with one attached hydrogen (secondary N) is 1. The largest absolute Gasteiger partial charge is 0.416 e. The molecule has 0 spiro atoms. The second-order valence-electron chi connectivity index (χ2n) is 6.77. The molecule has 0 aliphatic rings. The molecule has 0 fully saturated rings. The molecule has 3 aromatic heterocycles. The summed E-state index contributed by atoms with van der Waals surface area (Å²) in [5.41, 5.74) is -0.496. The molecule has 12 heteroatoms. The summed E-state index contributed by atoms with van der Waals surface area (Å²) in [5.74, 6) is 0.0218. The number of hydrogen-bond donors (Lipinski definition) is 1. The molecule has 1 aromatic carbocycles. The average Bonchev–Trinajstić information content (AvgIpc) is 3.45. The summed E-state index contributed by atoms with van der Waals surface area (Å²) in [4.78, 5) is 21.1. The quantitative estimate of drug-likeness (QED) is 0.485. The zero-order valence-corrected chi connectivity index (χ0v) is 17.2. The van der Waals surface area contributed by atoms with Crippen molar-refractivity contribution in [2.24, 2.45) is 0 Å². The van der Waals surface area contributed by atoms with Gasteiger partial charge in [-0.3, -0.25) is 4.79 Å². The van der Waals surface area contributed by atoms with E-state index in [1.54, 1.807) is 48.4 Å². The van der Waals surface area contributed by atoms with Crippen LogP contribution in [0.25, 0.3) is 11.5 Å². The number of amides is 1. The van der Waals surface area contributed by atoms with Crippen molar-refractivity contribution >= 4 is 17.5 Å². The lowest BCUT2D eigenvalue weighted by Gasteiger charge is -2.16. The van der Waals surface area contributed by atoms with Gasteiger partial charge in [0.2, 0.25) is 0 Å². The van der Waals surface area contributed by atoms with Gasteiger partial charge in [0, 0.05) is 35.2 Å². The van der Waals surface area contributed by atoms with Crippen LogP contribution in [-0.4, -0.2) is 35.4 Å². The van der Waals surface area contributed by atoms with Crippen molar-refractivity contribution in [2.75, 3.05) is 0 Å². The number of rotatable bonds is 5. The Kier molecular flexibility index (Phi) is 5.66. The minimum absolute atomic E-state index is 0.194. The van der Waals surface area contributed by atoms with Gasteiger partial charge in [0.25, 0.3) is 5.91 Å². The van der Waals surface area contributed by atoms with Gasteiger partial charge in [-0.05, 0) is 37.3 Å². The monoisotopic (exact) mass is 461 g/mol. The maximum atomic E-state index is 13.0. The fourth-order valence-electron chi connectivity index (χ4n) is 3.04. The highest BCUT2D eigenvalue weighted by molar-refractivity contribution is 6.31. The van der Waals surface area contributed by atoms with Crippen molar-refractivity contribution in [2.45, 2.75) is 19.1 Å². The van der Waals surface area contributed by atoms with Crippen LogP contribution in [0, 0.1) is 0 Å². The molecular weight excluding hydrogens is 447 g/mol. The molecule has 3 heterocycles. The Balaban J connectivity index is 1.59. The van der Waals surface area contributed by atoms with Gasteiger partial charge in [0.05, 0.1) is 17.3 Å². The number of benzene rings is 1. The van der Waals surface area contributed by atoms with Crippen molar-refractivity contribution in [3.8, 4) is 11.5 Å². The third kappa shape index (κ3) is 4.47. The lowest BCUT2D eigenvalue weighted by atomic mass is 10.1. The van der Waals surface area contributed by atoms with Crippen LogP contribution >= 0.6 is 11.6 Å². The van der Waals surface area contributed by atoms with Crippen LogP contribution in [0.2, 0.25) is 5.02 Å². The zero-order chi connectivity index (χ0) is 22.9. The van der Waals surface area contributed by atoms with Crippen LogP contribution in [0.3, 0.4) is 0 Å². The summed E-state index contributed by atoms with van der Waals surface area (Å²) in [6.07, 6.45) is 1.65. The molecule has 0 aliphatic carbocycles. The lowest BCUT2D eigenvalue weighted by Crippen LogP contribution is -2.29. The average molecular weight is 462 g/mol. The molecule has 0 saturated carbocycles. The second-order valence-corrected chi connectivity index (χ2v) is 7.21. The molecular formula is C20H15ClF3N7O. The first-order valence-corrected chi connectivity index (χ1v) is 9.65. The van der Waals surface area contributed by atoms with E-state index in [-0.39, 0.29) is 10.6 Å². The normalized spacial score (nSPS) is 12.5. The Morgan fingerprint density at radius 1 is 1.12 bits per heavy atom. The van der Waals surface area contributed by atoms with Crippen molar-refractivity contribution in [1.82, 2.24) is 34.8 Å². The molecule has 4 rings (SSSR count). The summed E-state index contributed by atoms with van der Waals surface area (Å²) in [6.45, 7) is 1.63. The van der Waals surface area contributed by atoms with E-state index >= 15 is 0 Å². The van der Waals surface area contributed by atoms with Gasteiger partial charge >= 0.3 is 6.18 Å². The molecule has 1 atom stereocenters. The first-order chi connectivity index (χ1) is 15.2. The van der Waals surface area contributed by atoms with Gasteiger partial charge in [-0.1, -0.05) is 11.6 Å². The molecule has 0 radical (unpaired) electrons. The van der Waals surface area contributed by atoms with Gasteiger partial charge in [0.15, 0.2) is 11.6 Å². The topological polar surface area (TPSA) is 90.5 Å². The molecule has 8 nitrogen and oxygen atoms in total. The second kappa shape index (κ2) is 8.42. The molecule has 1 amide bonds. The van der Waals surface area contributed by atoms with Crippen molar-refractivity contribution < 1.29 is 18.0 Å². The summed E-state index contributed by atoms with van der Waals surface area (Å²) >= 11 is 5.78. The zero-order valence-electron chi connectivity index (χ0n) is 16.5. The molecule has 4 aromatic rings. The van der Waals surface area contributed by atoms with Gasteiger partial charge < -0.3 is 5.32 Å². The maximum absolute atomic E-state index is 13.0. The smallest absolute Gasteiger partial charge is 0.342 e. The van der Waals surface area contributed by atoms with Gasteiger partial charge in [-0.25, -0.2) is 14.6 Å². The number of hydrogen-bond acceptors (Lipinski definition) is 5. The third-order valence-electron chi connectivity index (χ3n) is 4.51. The standard InChI is InChI=1S/C20H15ClF3N7O/c1-12(29-19(32)13-7-14(20(22,23)24)9-15(21)8-13)18-26-11-28-31(18)17-10-16(3-5-25-17)30-6-2-4-27-30/h2-12H,1H3,(H,29,32)/t12-/m0/s1. The Morgan fingerprint density at radius 2 is 1.94 bits per heavy atom. The Labute approximate surface area is 184 Å². The molecule has 0 saturated heterocycles. The Morgan fingerprint density at radius 3 is 2.66 bits per heavy atom. The van der Waals surface area contributed by atoms with Crippen LogP contribution in [0.5, 0.6) is 0 Å². The van der Waals surface area contributed by atoms with Crippen LogP contribution in [-0.2, 0) is 6.18 Å². The van der Waals surface area contributed by atoms with E-state index in [0.717, 1.165) is 17.8 Å². The van der Waals surface area contributed by atoms with E-state index in [2.05, 4.69) is 25.5 Å². The predicted molar refractivity (Wildman–Crippen MR) is 109 cm³/mol. The summed E-state index contributed by atoms with van der Waals surface area (Å²) in [7, 11) is 0. The van der Waals surface area contributed by atoms with E-state index < -0.39 is 23.7 Å². The highest BCUT2D eigenvalue weighted by atomic mass is 35.5. The number of carbonyl (C=O) groups is 1. The number of pyridine rings is 1. The van der Waals surface area contributed by atoms with E-state index in [0.29, 0.717) is 11.6 Å². The predicted octanol–water partition coefficient (Wildman–Crippen LogP) is 4.01.